The van der Waals surface area contributed by atoms with Crippen LogP contribution in [-0.2, 0) is 15.5 Å². The maximum Gasteiger partial charge on any atom is 0.265 e. The van der Waals surface area contributed by atoms with Crippen molar-refractivity contribution < 1.29 is 13.2 Å². The van der Waals surface area contributed by atoms with E-state index in [1.165, 1.54) is 23.3 Å². The quantitative estimate of drug-likeness (QED) is 0.789. The highest BCUT2D eigenvalue weighted by atomic mass is 35.7. The Labute approximate surface area is 132 Å². The Hall–Kier alpha value is -1.23. The molecule has 0 saturated heterocycles. The molecule has 2 aromatic carbocycles. The molecule has 1 aliphatic rings. The molecular weight excluding hydrogens is 331 g/mol. The van der Waals surface area contributed by atoms with Gasteiger partial charge in [0.25, 0.3) is 9.05 Å². The minimum Gasteiger partial charge on any atom is -0.492 e. The lowest BCUT2D eigenvalue weighted by Gasteiger charge is -2.30. The van der Waals surface area contributed by atoms with Crippen molar-refractivity contribution in [1.82, 2.24) is 0 Å². The van der Waals surface area contributed by atoms with Gasteiger partial charge in [-0.05, 0) is 35.7 Å². The van der Waals surface area contributed by atoms with Gasteiger partial charge in [-0.25, -0.2) is 8.42 Å². The molecule has 2 aromatic rings. The van der Waals surface area contributed by atoms with Crippen molar-refractivity contribution in [1.29, 1.82) is 0 Å². The molecule has 21 heavy (non-hydrogen) atoms. The van der Waals surface area contributed by atoms with Crippen LogP contribution in [0.3, 0.4) is 0 Å². The number of benzene rings is 2. The van der Waals surface area contributed by atoms with Gasteiger partial charge >= 0.3 is 0 Å². The average Bonchev–Trinajstić information content (AvgIpc) is 2.40. The molecule has 0 bridgehead atoms. The Kier molecular flexibility index (Phi) is 3.86. The Morgan fingerprint density at radius 3 is 2.67 bits per heavy atom. The first-order valence-corrected chi connectivity index (χ1v) is 9.08. The van der Waals surface area contributed by atoms with Crippen LogP contribution in [0.5, 0.6) is 5.75 Å². The summed E-state index contributed by atoms with van der Waals surface area (Å²) < 4.78 is 28.8. The molecule has 0 radical (unpaired) electrons. The van der Waals surface area contributed by atoms with Gasteiger partial charge in [0.1, 0.15) is 10.6 Å². The molecular formula is C15H12Cl2O3S. The Balaban J connectivity index is 1.78. The molecule has 0 aliphatic heterocycles. The van der Waals surface area contributed by atoms with E-state index in [9.17, 15) is 8.42 Å². The van der Waals surface area contributed by atoms with Crippen LogP contribution in [0.15, 0.2) is 47.4 Å². The van der Waals surface area contributed by atoms with Gasteiger partial charge in [-0.15, -0.1) is 0 Å². The summed E-state index contributed by atoms with van der Waals surface area (Å²) in [5, 5.41) is 0.301. The molecule has 0 saturated carbocycles. The summed E-state index contributed by atoms with van der Waals surface area (Å²) in [6, 6.07) is 12.6. The van der Waals surface area contributed by atoms with Gasteiger partial charge in [0.15, 0.2) is 0 Å². The smallest absolute Gasteiger partial charge is 0.265 e. The fraction of sp³-hybridized carbons (Fsp3) is 0.200. The van der Waals surface area contributed by atoms with Gasteiger partial charge in [0.2, 0.25) is 0 Å². The standard InChI is InChI=1S/C15H12Cl2O3S/c16-12-5-6-14(15(8-12)21(17,18)19)20-9-11-7-10-3-1-2-4-13(10)11/h1-6,8,11H,7,9H2. The topological polar surface area (TPSA) is 43.4 Å². The summed E-state index contributed by atoms with van der Waals surface area (Å²) in [4.78, 5) is -0.0933. The molecule has 3 rings (SSSR count). The highest BCUT2D eigenvalue weighted by Crippen LogP contribution is 2.36. The van der Waals surface area contributed by atoms with Crippen molar-refractivity contribution >= 4 is 31.3 Å². The zero-order valence-electron chi connectivity index (χ0n) is 10.9. The van der Waals surface area contributed by atoms with Crippen molar-refractivity contribution in [3.8, 4) is 5.75 Å². The number of fused-ring (bicyclic) bond motifs is 1. The van der Waals surface area contributed by atoms with Gasteiger partial charge in [-0.1, -0.05) is 35.9 Å². The molecule has 0 fully saturated rings. The monoisotopic (exact) mass is 342 g/mol. The minimum absolute atomic E-state index is 0.0933. The molecule has 0 spiro atoms. The van der Waals surface area contributed by atoms with Crippen LogP contribution in [0, 0.1) is 0 Å². The summed E-state index contributed by atoms with van der Waals surface area (Å²) in [6.45, 7) is 0.415. The van der Waals surface area contributed by atoms with Crippen LogP contribution in [0.25, 0.3) is 0 Å². The predicted octanol–water partition coefficient (Wildman–Crippen LogP) is 3.99. The van der Waals surface area contributed by atoms with E-state index in [4.69, 9.17) is 27.0 Å². The Bertz CT molecular complexity index is 787. The lowest BCUT2D eigenvalue weighted by molar-refractivity contribution is 0.269. The van der Waals surface area contributed by atoms with Crippen LogP contribution >= 0.6 is 22.3 Å². The van der Waals surface area contributed by atoms with Crippen LogP contribution in [-0.4, -0.2) is 15.0 Å². The number of hydrogen-bond donors (Lipinski definition) is 0. The fourth-order valence-electron chi connectivity index (χ4n) is 2.49. The van der Waals surface area contributed by atoms with Crippen LogP contribution in [0.2, 0.25) is 5.02 Å². The molecule has 0 N–H and O–H groups in total. The Morgan fingerprint density at radius 1 is 1.19 bits per heavy atom. The van der Waals surface area contributed by atoms with Crippen molar-refractivity contribution in [3.63, 3.8) is 0 Å². The van der Waals surface area contributed by atoms with E-state index in [0.29, 0.717) is 11.6 Å². The molecule has 3 nitrogen and oxygen atoms in total. The predicted molar refractivity (Wildman–Crippen MR) is 82.9 cm³/mol. The molecule has 1 unspecified atom stereocenters. The second-order valence-electron chi connectivity index (χ2n) is 4.94. The van der Waals surface area contributed by atoms with Gasteiger partial charge in [-0.2, -0.15) is 0 Å². The molecule has 1 atom stereocenters. The van der Waals surface area contributed by atoms with Gasteiger partial charge < -0.3 is 4.74 Å². The lowest BCUT2D eigenvalue weighted by Crippen LogP contribution is -2.23. The third-order valence-electron chi connectivity index (χ3n) is 3.57. The number of hydrogen-bond acceptors (Lipinski definition) is 3. The third-order valence-corrected chi connectivity index (χ3v) is 5.15. The van der Waals surface area contributed by atoms with Crippen LogP contribution in [0.4, 0.5) is 0 Å². The maximum absolute atomic E-state index is 11.6. The highest BCUT2D eigenvalue weighted by Gasteiger charge is 2.27. The second-order valence-corrected chi connectivity index (χ2v) is 7.91. The summed E-state index contributed by atoms with van der Waals surface area (Å²) in [6.07, 6.45) is 0.937. The van der Waals surface area contributed by atoms with Crippen molar-refractivity contribution in [3.05, 3.63) is 58.6 Å². The van der Waals surface area contributed by atoms with Crippen LogP contribution < -0.4 is 4.74 Å². The summed E-state index contributed by atoms with van der Waals surface area (Å²) in [7, 11) is 1.52. The third kappa shape index (κ3) is 3.03. The number of ether oxygens (including phenoxy) is 1. The van der Waals surface area contributed by atoms with E-state index in [2.05, 4.69) is 12.1 Å². The van der Waals surface area contributed by atoms with E-state index >= 15 is 0 Å². The highest BCUT2D eigenvalue weighted by molar-refractivity contribution is 8.13. The van der Waals surface area contributed by atoms with Gasteiger partial charge in [0, 0.05) is 21.6 Å². The van der Waals surface area contributed by atoms with Crippen LogP contribution in [0.1, 0.15) is 17.0 Å². The maximum atomic E-state index is 11.6. The SMILES string of the molecule is O=S(=O)(Cl)c1cc(Cl)ccc1OCC1Cc2ccccc21. The Morgan fingerprint density at radius 2 is 1.95 bits per heavy atom. The first kappa shape index (κ1) is 14.7. The van der Waals surface area contributed by atoms with Gasteiger partial charge in [0.05, 0.1) is 6.61 Å². The largest absolute Gasteiger partial charge is 0.492 e. The zero-order chi connectivity index (χ0) is 15.0. The summed E-state index contributed by atoms with van der Waals surface area (Å²) in [5.74, 6) is 0.515. The van der Waals surface area contributed by atoms with Gasteiger partial charge in [-0.3, -0.25) is 0 Å². The van der Waals surface area contributed by atoms with Crippen molar-refractivity contribution in [2.45, 2.75) is 17.2 Å². The zero-order valence-corrected chi connectivity index (χ0v) is 13.3. The average molecular weight is 343 g/mol. The van der Waals surface area contributed by atoms with E-state index in [1.807, 2.05) is 12.1 Å². The van der Waals surface area contributed by atoms with Crippen molar-refractivity contribution in [2.75, 3.05) is 6.61 Å². The van der Waals surface area contributed by atoms with E-state index in [1.54, 1.807) is 6.07 Å². The molecule has 1 aliphatic carbocycles. The van der Waals surface area contributed by atoms with E-state index in [0.717, 1.165) is 6.42 Å². The molecule has 0 amide bonds. The molecule has 6 heteroatoms. The summed E-state index contributed by atoms with van der Waals surface area (Å²) >= 11 is 5.81. The molecule has 0 aromatic heterocycles. The lowest BCUT2D eigenvalue weighted by atomic mass is 9.78. The minimum atomic E-state index is -3.89. The summed E-state index contributed by atoms with van der Waals surface area (Å²) in [5.41, 5.74) is 2.56. The first-order valence-electron chi connectivity index (χ1n) is 6.40. The number of halogens is 2. The second kappa shape index (κ2) is 5.52. The fourth-order valence-corrected chi connectivity index (χ4v) is 3.73. The van der Waals surface area contributed by atoms with E-state index in [-0.39, 0.29) is 16.6 Å². The number of rotatable bonds is 4. The van der Waals surface area contributed by atoms with E-state index < -0.39 is 9.05 Å². The first-order chi connectivity index (χ1) is 9.95. The molecule has 0 heterocycles. The molecule has 110 valence electrons. The normalized spacial score (nSPS) is 17.0. The van der Waals surface area contributed by atoms with Crippen molar-refractivity contribution in [2.24, 2.45) is 0 Å².